The second kappa shape index (κ2) is 9.38. The van der Waals surface area contributed by atoms with Crippen molar-refractivity contribution in [3.8, 4) is 5.75 Å². The second-order valence-corrected chi connectivity index (χ2v) is 6.03. The predicted molar refractivity (Wildman–Crippen MR) is 86.0 cm³/mol. The fraction of sp³-hybridized carbons (Fsp3) is 0.625. The smallest absolute Gasteiger partial charge is 0.133 e. The molecule has 0 aliphatic rings. The highest BCUT2D eigenvalue weighted by Gasteiger charge is 2.02. The number of halogens is 1. The van der Waals surface area contributed by atoms with E-state index in [1.807, 2.05) is 0 Å². The van der Waals surface area contributed by atoms with Gasteiger partial charge in [0.1, 0.15) is 5.75 Å². The lowest BCUT2D eigenvalue weighted by atomic mass is 10.1. The zero-order valence-electron chi connectivity index (χ0n) is 12.3. The van der Waals surface area contributed by atoms with Crippen LogP contribution in [0.3, 0.4) is 0 Å². The van der Waals surface area contributed by atoms with E-state index in [0.717, 1.165) is 36.2 Å². The fourth-order valence-corrected chi connectivity index (χ4v) is 2.41. The Labute approximate surface area is 126 Å². The fourth-order valence-electron chi connectivity index (χ4n) is 1.87. The molecule has 19 heavy (non-hydrogen) atoms. The summed E-state index contributed by atoms with van der Waals surface area (Å²) in [5.74, 6) is 0.951. The average Bonchev–Trinajstić information content (AvgIpc) is 2.37. The largest absolute Gasteiger partial charge is 0.492 e. The molecule has 0 unspecified atom stereocenters. The molecule has 0 aliphatic carbocycles. The number of benzene rings is 1. The molecule has 1 N–H and O–H groups in total. The molecule has 0 amide bonds. The molecular formula is C16H26BrNO. The minimum atomic E-state index is 0.587. The van der Waals surface area contributed by atoms with Crippen molar-refractivity contribution >= 4 is 15.9 Å². The first-order chi connectivity index (χ1) is 9.13. The van der Waals surface area contributed by atoms with Crippen molar-refractivity contribution in [2.45, 2.75) is 52.5 Å². The van der Waals surface area contributed by atoms with Gasteiger partial charge >= 0.3 is 0 Å². The molecule has 1 aromatic rings. The highest BCUT2D eigenvalue weighted by molar-refractivity contribution is 9.10. The number of unbranched alkanes of at least 4 members (excludes halogenated alkanes) is 1. The molecule has 0 radical (unpaired) electrons. The number of rotatable bonds is 9. The lowest BCUT2D eigenvalue weighted by Gasteiger charge is -2.10. The van der Waals surface area contributed by atoms with Crippen LogP contribution in [0.25, 0.3) is 0 Å². The van der Waals surface area contributed by atoms with E-state index in [1.54, 1.807) is 0 Å². The summed E-state index contributed by atoms with van der Waals surface area (Å²) in [5.41, 5.74) is 1.38. The van der Waals surface area contributed by atoms with Crippen LogP contribution in [0.15, 0.2) is 22.7 Å². The summed E-state index contributed by atoms with van der Waals surface area (Å²) in [6.45, 7) is 8.38. The molecule has 0 atom stereocenters. The highest BCUT2D eigenvalue weighted by Crippen LogP contribution is 2.26. The van der Waals surface area contributed by atoms with Gasteiger partial charge < -0.3 is 10.1 Å². The van der Waals surface area contributed by atoms with Gasteiger partial charge in [0.15, 0.2) is 0 Å². The van der Waals surface area contributed by atoms with Crippen LogP contribution in [0.2, 0.25) is 0 Å². The summed E-state index contributed by atoms with van der Waals surface area (Å²) in [5, 5.41) is 3.45. The van der Waals surface area contributed by atoms with Crippen LogP contribution in [0.1, 0.15) is 45.6 Å². The van der Waals surface area contributed by atoms with E-state index < -0.39 is 0 Å². The number of hydrogen-bond donors (Lipinski definition) is 1. The first kappa shape index (κ1) is 16.5. The van der Waals surface area contributed by atoms with Gasteiger partial charge in [-0.05, 0) is 65.9 Å². The van der Waals surface area contributed by atoms with Crippen LogP contribution in [0.5, 0.6) is 5.75 Å². The van der Waals surface area contributed by atoms with E-state index in [2.05, 4.69) is 60.2 Å². The van der Waals surface area contributed by atoms with Gasteiger partial charge in [0.05, 0.1) is 11.1 Å². The Morgan fingerprint density at radius 3 is 2.68 bits per heavy atom. The third-order valence-electron chi connectivity index (χ3n) is 2.90. The highest BCUT2D eigenvalue weighted by atomic mass is 79.9. The van der Waals surface area contributed by atoms with Crippen LogP contribution in [0.4, 0.5) is 0 Å². The lowest BCUT2D eigenvalue weighted by Crippen LogP contribution is -2.23. The van der Waals surface area contributed by atoms with Crippen molar-refractivity contribution in [2.75, 3.05) is 13.2 Å². The molecule has 1 aromatic carbocycles. The van der Waals surface area contributed by atoms with Gasteiger partial charge in [-0.1, -0.05) is 26.8 Å². The Balaban J connectivity index is 2.32. The Kier molecular flexibility index (Phi) is 8.15. The average molecular weight is 328 g/mol. The molecule has 0 aromatic heterocycles. The van der Waals surface area contributed by atoms with Gasteiger partial charge in [-0.3, -0.25) is 0 Å². The molecule has 2 nitrogen and oxygen atoms in total. The van der Waals surface area contributed by atoms with Gasteiger partial charge in [-0.25, -0.2) is 0 Å². The molecule has 0 saturated carbocycles. The van der Waals surface area contributed by atoms with Crippen LogP contribution < -0.4 is 10.1 Å². The van der Waals surface area contributed by atoms with Gasteiger partial charge in [0, 0.05) is 6.04 Å². The second-order valence-electron chi connectivity index (χ2n) is 5.18. The molecule has 0 saturated heterocycles. The van der Waals surface area contributed by atoms with Crippen LogP contribution >= 0.6 is 15.9 Å². The number of aryl methyl sites for hydroxylation is 1. The minimum absolute atomic E-state index is 0.587. The first-order valence-corrected chi connectivity index (χ1v) is 8.07. The quantitative estimate of drug-likeness (QED) is 0.671. The number of hydrogen-bond acceptors (Lipinski definition) is 2. The van der Waals surface area contributed by atoms with Crippen molar-refractivity contribution in [3.63, 3.8) is 0 Å². The summed E-state index contributed by atoms with van der Waals surface area (Å²) in [7, 11) is 0. The predicted octanol–water partition coefficient (Wildman–Crippen LogP) is 4.56. The summed E-state index contributed by atoms with van der Waals surface area (Å²) < 4.78 is 6.72. The molecule has 108 valence electrons. The van der Waals surface area contributed by atoms with E-state index in [9.17, 15) is 0 Å². The van der Waals surface area contributed by atoms with Gasteiger partial charge in [-0.2, -0.15) is 0 Å². The maximum absolute atomic E-state index is 5.65. The molecule has 0 heterocycles. The normalized spacial score (nSPS) is 11.0. The van der Waals surface area contributed by atoms with E-state index in [0.29, 0.717) is 6.04 Å². The van der Waals surface area contributed by atoms with Crippen LogP contribution in [0, 0.1) is 0 Å². The molecule has 0 fully saturated rings. The summed E-state index contributed by atoms with van der Waals surface area (Å²) >= 11 is 3.58. The Morgan fingerprint density at radius 1 is 1.26 bits per heavy atom. The van der Waals surface area contributed by atoms with Crippen molar-refractivity contribution in [3.05, 3.63) is 28.2 Å². The Hall–Kier alpha value is -0.540. The van der Waals surface area contributed by atoms with Crippen molar-refractivity contribution in [1.82, 2.24) is 5.32 Å². The molecule has 3 heteroatoms. The molecule has 0 spiro atoms. The third-order valence-corrected chi connectivity index (χ3v) is 3.52. The Morgan fingerprint density at radius 2 is 2.05 bits per heavy atom. The lowest BCUT2D eigenvalue weighted by molar-refractivity contribution is 0.315. The SMILES string of the molecule is CCCOc1ccc(CCCCNC(C)C)cc1Br. The summed E-state index contributed by atoms with van der Waals surface area (Å²) in [4.78, 5) is 0. The summed E-state index contributed by atoms with van der Waals surface area (Å²) in [6.07, 6.45) is 4.62. The van der Waals surface area contributed by atoms with Crippen LogP contribution in [-0.2, 0) is 6.42 Å². The topological polar surface area (TPSA) is 21.3 Å². The summed E-state index contributed by atoms with van der Waals surface area (Å²) in [6, 6.07) is 7.01. The van der Waals surface area contributed by atoms with E-state index in [1.165, 1.54) is 18.4 Å². The maximum atomic E-state index is 5.65. The van der Waals surface area contributed by atoms with Crippen molar-refractivity contribution in [2.24, 2.45) is 0 Å². The van der Waals surface area contributed by atoms with Crippen molar-refractivity contribution < 1.29 is 4.74 Å². The standard InChI is InChI=1S/C16H26BrNO/c1-4-11-19-16-9-8-14(12-15(16)17)7-5-6-10-18-13(2)3/h8-9,12-13,18H,4-7,10-11H2,1-3H3. The number of nitrogens with one attached hydrogen (secondary N) is 1. The van der Waals surface area contributed by atoms with Gasteiger partial charge in [0.25, 0.3) is 0 Å². The van der Waals surface area contributed by atoms with E-state index in [4.69, 9.17) is 4.74 Å². The minimum Gasteiger partial charge on any atom is -0.492 e. The third kappa shape index (κ3) is 6.98. The monoisotopic (exact) mass is 327 g/mol. The first-order valence-electron chi connectivity index (χ1n) is 7.28. The molecular weight excluding hydrogens is 302 g/mol. The Bertz CT molecular complexity index is 366. The van der Waals surface area contributed by atoms with Crippen LogP contribution in [-0.4, -0.2) is 19.2 Å². The maximum Gasteiger partial charge on any atom is 0.133 e. The van der Waals surface area contributed by atoms with Crippen molar-refractivity contribution in [1.29, 1.82) is 0 Å². The van der Waals surface area contributed by atoms with E-state index >= 15 is 0 Å². The van der Waals surface area contributed by atoms with E-state index in [-0.39, 0.29) is 0 Å². The van der Waals surface area contributed by atoms with Gasteiger partial charge in [-0.15, -0.1) is 0 Å². The zero-order chi connectivity index (χ0) is 14.1. The molecule has 1 rings (SSSR count). The van der Waals surface area contributed by atoms with Gasteiger partial charge in [0.2, 0.25) is 0 Å². The zero-order valence-corrected chi connectivity index (χ0v) is 13.9. The number of ether oxygens (including phenoxy) is 1. The molecule has 0 bridgehead atoms. The molecule has 0 aliphatic heterocycles.